The largest absolute Gasteiger partial charge is 0.361 e. The second-order valence-electron chi connectivity index (χ2n) is 6.13. The molecule has 0 bridgehead atoms. The van der Waals surface area contributed by atoms with Gasteiger partial charge in [0, 0.05) is 24.4 Å². The fourth-order valence-corrected chi connectivity index (χ4v) is 2.96. The van der Waals surface area contributed by atoms with Crippen LogP contribution in [0.4, 0.5) is 0 Å². The Balaban J connectivity index is 1.76. The van der Waals surface area contributed by atoms with Crippen LogP contribution >= 0.6 is 0 Å². The number of hydrogen-bond acceptors (Lipinski definition) is 3. The summed E-state index contributed by atoms with van der Waals surface area (Å²) in [7, 11) is 0. The van der Waals surface area contributed by atoms with E-state index >= 15 is 0 Å². The van der Waals surface area contributed by atoms with E-state index in [0.717, 1.165) is 43.7 Å². The summed E-state index contributed by atoms with van der Waals surface area (Å²) in [4.78, 5) is 14.5. The first kappa shape index (κ1) is 12.7. The van der Waals surface area contributed by atoms with Gasteiger partial charge in [0.15, 0.2) is 0 Å². The highest BCUT2D eigenvalue weighted by Crippen LogP contribution is 2.37. The van der Waals surface area contributed by atoms with Crippen molar-refractivity contribution in [3.05, 3.63) is 17.5 Å². The first-order valence-corrected chi connectivity index (χ1v) is 7.44. The molecule has 0 spiro atoms. The van der Waals surface area contributed by atoms with Crippen molar-refractivity contribution in [2.75, 3.05) is 6.54 Å². The molecule has 2 heterocycles. The van der Waals surface area contributed by atoms with Crippen LogP contribution in [0.5, 0.6) is 0 Å². The highest BCUT2D eigenvalue weighted by Gasteiger charge is 2.37. The van der Waals surface area contributed by atoms with Gasteiger partial charge in [0.05, 0.1) is 6.04 Å². The molecule has 1 atom stereocenters. The van der Waals surface area contributed by atoms with Crippen LogP contribution in [-0.4, -0.2) is 22.5 Å². The zero-order chi connectivity index (χ0) is 13.4. The van der Waals surface area contributed by atoms with Crippen LogP contribution in [0.15, 0.2) is 10.6 Å². The molecule has 1 saturated carbocycles. The zero-order valence-electron chi connectivity index (χ0n) is 11.8. The molecule has 4 heteroatoms. The molecule has 3 rings (SSSR count). The number of carbonyl (C=O) groups excluding carboxylic acids is 1. The zero-order valence-corrected chi connectivity index (χ0v) is 11.8. The molecule has 104 valence electrons. The average Bonchev–Trinajstić information content (AvgIpc) is 2.95. The Bertz CT molecular complexity index is 462. The molecule has 1 unspecified atom stereocenters. The molecule has 2 fully saturated rings. The van der Waals surface area contributed by atoms with E-state index in [-0.39, 0.29) is 12.0 Å². The molecule has 2 aliphatic rings. The van der Waals surface area contributed by atoms with Crippen molar-refractivity contribution >= 4 is 5.91 Å². The summed E-state index contributed by atoms with van der Waals surface area (Å²) in [6.45, 7) is 5.07. The van der Waals surface area contributed by atoms with E-state index in [1.807, 2.05) is 11.0 Å². The molecule has 1 aromatic rings. The second-order valence-corrected chi connectivity index (χ2v) is 6.13. The van der Waals surface area contributed by atoms with Gasteiger partial charge >= 0.3 is 0 Å². The van der Waals surface area contributed by atoms with Crippen molar-refractivity contribution in [1.82, 2.24) is 10.1 Å². The van der Waals surface area contributed by atoms with Crippen LogP contribution in [0.25, 0.3) is 0 Å². The normalized spacial score (nSPS) is 23.9. The monoisotopic (exact) mass is 262 g/mol. The van der Waals surface area contributed by atoms with Gasteiger partial charge < -0.3 is 9.42 Å². The highest BCUT2D eigenvalue weighted by molar-refractivity contribution is 5.80. The molecular weight excluding hydrogens is 240 g/mol. The number of rotatable bonds is 3. The Morgan fingerprint density at radius 3 is 2.74 bits per heavy atom. The summed E-state index contributed by atoms with van der Waals surface area (Å²) >= 11 is 0. The van der Waals surface area contributed by atoms with Gasteiger partial charge in [-0.1, -0.05) is 25.4 Å². The summed E-state index contributed by atoms with van der Waals surface area (Å²) in [6.07, 6.45) is 5.43. The third-order valence-electron chi connectivity index (χ3n) is 4.45. The molecule has 4 nitrogen and oxygen atoms in total. The number of aromatic nitrogens is 1. The maximum Gasteiger partial charge on any atom is 0.226 e. The van der Waals surface area contributed by atoms with Crippen molar-refractivity contribution in [2.45, 2.75) is 57.9 Å². The Hall–Kier alpha value is -1.32. The molecule has 1 amide bonds. The molecule has 1 saturated heterocycles. The van der Waals surface area contributed by atoms with E-state index in [9.17, 15) is 4.79 Å². The maximum atomic E-state index is 12.4. The highest BCUT2D eigenvalue weighted by atomic mass is 16.5. The predicted octanol–water partition coefficient (Wildman–Crippen LogP) is 3.26. The van der Waals surface area contributed by atoms with Crippen molar-refractivity contribution in [1.29, 1.82) is 0 Å². The van der Waals surface area contributed by atoms with Gasteiger partial charge in [-0.15, -0.1) is 0 Å². The summed E-state index contributed by atoms with van der Waals surface area (Å²) in [5.41, 5.74) is 0.939. The Kier molecular flexibility index (Phi) is 3.33. The lowest BCUT2D eigenvalue weighted by molar-refractivity contribution is -0.139. The molecule has 19 heavy (non-hydrogen) atoms. The van der Waals surface area contributed by atoms with Gasteiger partial charge in [-0.3, -0.25) is 4.79 Å². The number of nitrogens with zero attached hydrogens (tertiary/aromatic N) is 2. The van der Waals surface area contributed by atoms with Crippen molar-refractivity contribution in [3.8, 4) is 0 Å². The van der Waals surface area contributed by atoms with E-state index in [1.165, 1.54) is 6.42 Å². The first-order chi connectivity index (χ1) is 9.16. The fourth-order valence-electron chi connectivity index (χ4n) is 2.96. The SMILES string of the molecule is CC(C)c1cc(C2CCCN2C(=O)C2CCC2)no1. The minimum absolute atomic E-state index is 0.143. The fraction of sp³-hybridized carbons (Fsp3) is 0.733. The molecule has 0 aromatic carbocycles. The minimum Gasteiger partial charge on any atom is -0.361 e. The summed E-state index contributed by atoms with van der Waals surface area (Å²) in [6, 6.07) is 2.17. The molecule has 0 radical (unpaired) electrons. The second kappa shape index (κ2) is 4.99. The van der Waals surface area contributed by atoms with Crippen molar-refractivity contribution in [2.24, 2.45) is 5.92 Å². The van der Waals surface area contributed by atoms with Gasteiger partial charge in [-0.05, 0) is 25.7 Å². The van der Waals surface area contributed by atoms with Gasteiger partial charge in [0.2, 0.25) is 5.91 Å². The predicted molar refractivity (Wildman–Crippen MR) is 71.6 cm³/mol. The minimum atomic E-state index is 0.143. The molecular formula is C15H22N2O2. The van der Waals surface area contributed by atoms with E-state index in [2.05, 4.69) is 19.0 Å². The molecule has 1 aromatic heterocycles. The average molecular weight is 262 g/mol. The quantitative estimate of drug-likeness (QED) is 0.840. The van der Waals surface area contributed by atoms with Gasteiger partial charge in [-0.2, -0.15) is 0 Å². The molecule has 1 aliphatic heterocycles. The van der Waals surface area contributed by atoms with Crippen LogP contribution in [0.2, 0.25) is 0 Å². The van der Waals surface area contributed by atoms with E-state index < -0.39 is 0 Å². The lowest BCUT2D eigenvalue weighted by atomic mass is 9.84. The van der Waals surface area contributed by atoms with E-state index in [4.69, 9.17) is 4.52 Å². The summed E-state index contributed by atoms with van der Waals surface area (Å²) in [5, 5.41) is 4.19. The van der Waals surface area contributed by atoms with Crippen LogP contribution in [0.1, 0.15) is 69.4 Å². The third-order valence-corrected chi connectivity index (χ3v) is 4.45. The summed E-state index contributed by atoms with van der Waals surface area (Å²) in [5.74, 6) is 1.87. The standard InChI is InChI=1S/C15H22N2O2/c1-10(2)14-9-12(16-19-14)13-7-4-8-17(13)15(18)11-5-3-6-11/h9-11,13H,3-8H2,1-2H3. The van der Waals surface area contributed by atoms with Crippen molar-refractivity contribution in [3.63, 3.8) is 0 Å². The lowest BCUT2D eigenvalue weighted by Crippen LogP contribution is -2.38. The number of likely N-dealkylation sites (tertiary alicyclic amines) is 1. The summed E-state index contributed by atoms with van der Waals surface area (Å²) < 4.78 is 5.38. The third kappa shape index (κ3) is 2.28. The Morgan fingerprint density at radius 1 is 1.37 bits per heavy atom. The number of carbonyl (C=O) groups is 1. The number of hydrogen-bond donors (Lipinski definition) is 0. The van der Waals surface area contributed by atoms with Gasteiger partial charge in [0.25, 0.3) is 0 Å². The molecule has 0 N–H and O–H groups in total. The van der Waals surface area contributed by atoms with Crippen LogP contribution in [0, 0.1) is 5.92 Å². The Labute approximate surface area is 114 Å². The van der Waals surface area contributed by atoms with E-state index in [0.29, 0.717) is 11.8 Å². The smallest absolute Gasteiger partial charge is 0.226 e. The Morgan fingerprint density at radius 2 is 2.16 bits per heavy atom. The van der Waals surface area contributed by atoms with Crippen LogP contribution in [0.3, 0.4) is 0 Å². The van der Waals surface area contributed by atoms with Crippen molar-refractivity contribution < 1.29 is 9.32 Å². The van der Waals surface area contributed by atoms with Crippen LogP contribution in [-0.2, 0) is 4.79 Å². The van der Waals surface area contributed by atoms with E-state index in [1.54, 1.807) is 0 Å². The van der Waals surface area contributed by atoms with Crippen LogP contribution < -0.4 is 0 Å². The van der Waals surface area contributed by atoms with Gasteiger partial charge in [0.1, 0.15) is 11.5 Å². The van der Waals surface area contributed by atoms with Gasteiger partial charge in [-0.25, -0.2) is 0 Å². The first-order valence-electron chi connectivity index (χ1n) is 7.44. The number of amides is 1. The topological polar surface area (TPSA) is 46.3 Å². The lowest BCUT2D eigenvalue weighted by Gasteiger charge is -2.32. The molecule has 1 aliphatic carbocycles. The maximum absolute atomic E-state index is 12.4.